The second-order valence-electron chi connectivity index (χ2n) is 7.90. The summed E-state index contributed by atoms with van der Waals surface area (Å²) >= 11 is 0. The molecular weight excluding hydrogens is 428 g/mol. The smallest absolute Gasteiger partial charge is 0.264 e. The van der Waals surface area contributed by atoms with Gasteiger partial charge in [-0.3, -0.25) is 4.79 Å². The molecule has 0 fully saturated rings. The highest BCUT2D eigenvalue weighted by molar-refractivity contribution is 7.92. The molecule has 32 heavy (non-hydrogen) atoms. The van der Waals surface area contributed by atoms with Crippen LogP contribution in [-0.4, -0.2) is 36.4 Å². The first kappa shape index (κ1) is 21.8. The molecule has 4 bridgehead atoms. The van der Waals surface area contributed by atoms with Crippen molar-refractivity contribution in [1.29, 1.82) is 0 Å². The summed E-state index contributed by atoms with van der Waals surface area (Å²) in [6, 6.07) is 13.0. The molecule has 2 N–H and O–H groups in total. The van der Waals surface area contributed by atoms with Gasteiger partial charge < -0.3 is 10.1 Å². The average molecular weight is 453 g/mol. The van der Waals surface area contributed by atoms with Crippen molar-refractivity contribution in [3.05, 3.63) is 65.2 Å². The highest BCUT2D eigenvalue weighted by Gasteiger charge is 2.24. The van der Waals surface area contributed by atoms with Crippen molar-refractivity contribution in [2.45, 2.75) is 44.7 Å². The number of carbonyl (C=O) groups is 1. The molecule has 2 heterocycles. The molecule has 0 unspecified atom stereocenters. The maximum atomic E-state index is 13.0. The van der Waals surface area contributed by atoms with Crippen molar-refractivity contribution in [2.75, 3.05) is 4.72 Å². The Morgan fingerprint density at radius 3 is 2.38 bits per heavy atom. The monoisotopic (exact) mass is 452 g/mol. The molecule has 1 aliphatic rings. The fourth-order valence-corrected chi connectivity index (χ4v) is 4.55. The minimum Gasteiger partial charge on any atom is -0.472 e. The molecule has 2 atom stereocenters. The Bertz CT molecular complexity index is 1290. The molecule has 3 aromatic rings. The Morgan fingerprint density at radius 1 is 0.969 bits per heavy atom. The van der Waals surface area contributed by atoms with E-state index in [1.54, 1.807) is 12.1 Å². The van der Waals surface area contributed by atoms with Crippen molar-refractivity contribution in [3.8, 4) is 17.1 Å². The van der Waals surface area contributed by atoms with Gasteiger partial charge in [0.2, 0.25) is 11.8 Å². The SMILES string of the molecule is Cc1cccc(C)c1-c1cc2nc(n1)NS(=O)(=O)c1cccc(c1)C(=O)N[C@H](C)[C@H](C)O2. The zero-order valence-electron chi connectivity index (χ0n) is 18.2. The van der Waals surface area contributed by atoms with Crippen LogP contribution in [0.15, 0.2) is 53.4 Å². The lowest BCUT2D eigenvalue weighted by atomic mass is 10.00. The summed E-state index contributed by atoms with van der Waals surface area (Å²) in [5, 5.41) is 2.85. The molecule has 2 aromatic carbocycles. The molecule has 0 radical (unpaired) electrons. The van der Waals surface area contributed by atoms with Crippen LogP contribution in [0.5, 0.6) is 5.88 Å². The molecule has 4 rings (SSSR count). The van der Waals surface area contributed by atoms with E-state index in [2.05, 4.69) is 20.0 Å². The molecule has 0 saturated carbocycles. The highest BCUT2D eigenvalue weighted by Crippen LogP contribution is 2.30. The number of fused-ring (bicyclic) bond motifs is 4. The quantitative estimate of drug-likeness (QED) is 0.585. The first-order valence-electron chi connectivity index (χ1n) is 10.2. The van der Waals surface area contributed by atoms with Gasteiger partial charge in [-0.05, 0) is 57.0 Å². The first-order chi connectivity index (χ1) is 15.1. The number of hydrogen-bond donors (Lipinski definition) is 2. The summed E-state index contributed by atoms with van der Waals surface area (Å²) in [5.41, 5.74) is 3.62. The van der Waals surface area contributed by atoms with Gasteiger partial charge in [0.15, 0.2) is 0 Å². The van der Waals surface area contributed by atoms with E-state index in [9.17, 15) is 13.2 Å². The van der Waals surface area contributed by atoms with E-state index in [-0.39, 0.29) is 28.3 Å². The van der Waals surface area contributed by atoms with Crippen LogP contribution in [0.4, 0.5) is 5.95 Å². The van der Waals surface area contributed by atoms with Crippen LogP contribution in [-0.2, 0) is 10.0 Å². The third kappa shape index (κ3) is 4.29. The van der Waals surface area contributed by atoms with Gasteiger partial charge in [-0.2, -0.15) is 4.98 Å². The topological polar surface area (TPSA) is 110 Å². The molecule has 8 nitrogen and oxygen atoms in total. The van der Waals surface area contributed by atoms with Crippen molar-refractivity contribution < 1.29 is 17.9 Å². The summed E-state index contributed by atoms with van der Waals surface area (Å²) in [7, 11) is -4.04. The minimum absolute atomic E-state index is 0.0614. The fourth-order valence-electron chi connectivity index (χ4n) is 3.56. The van der Waals surface area contributed by atoms with Crippen LogP contribution in [0.2, 0.25) is 0 Å². The number of amides is 1. The van der Waals surface area contributed by atoms with Crippen LogP contribution in [0.3, 0.4) is 0 Å². The van der Waals surface area contributed by atoms with Crippen LogP contribution in [0.25, 0.3) is 11.3 Å². The van der Waals surface area contributed by atoms with Gasteiger partial charge in [0.25, 0.3) is 15.9 Å². The van der Waals surface area contributed by atoms with Crippen LogP contribution in [0, 0.1) is 13.8 Å². The van der Waals surface area contributed by atoms with Crippen LogP contribution >= 0.6 is 0 Å². The van der Waals surface area contributed by atoms with Gasteiger partial charge in [0.05, 0.1) is 16.6 Å². The molecule has 0 aliphatic carbocycles. The molecule has 166 valence electrons. The number of ether oxygens (including phenoxy) is 1. The Hall–Kier alpha value is -3.46. The lowest BCUT2D eigenvalue weighted by Crippen LogP contribution is -2.42. The van der Waals surface area contributed by atoms with E-state index in [1.165, 1.54) is 18.2 Å². The Labute approximate surface area is 187 Å². The maximum Gasteiger partial charge on any atom is 0.264 e. The summed E-state index contributed by atoms with van der Waals surface area (Å²) in [5.74, 6) is -0.294. The van der Waals surface area contributed by atoms with Crippen LogP contribution in [0.1, 0.15) is 35.3 Å². The Kier molecular flexibility index (Phi) is 5.60. The fraction of sp³-hybridized carbons (Fsp3) is 0.261. The molecule has 1 aromatic heterocycles. The largest absolute Gasteiger partial charge is 0.472 e. The van der Waals surface area contributed by atoms with Crippen LogP contribution < -0.4 is 14.8 Å². The maximum absolute atomic E-state index is 13.0. The zero-order chi connectivity index (χ0) is 23.0. The minimum atomic E-state index is -4.04. The second kappa shape index (κ2) is 8.23. The number of nitrogens with zero attached hydrogens (tertiary/aromatic N) is 2. The standard InChI is InChI=1S/C23H24N4O4S/c1-13-7-5-8-14(2)21(13)19-12-20-26-23(25-19)27-32(29,30)18-10-6-9-17(11-18)22(28)24-15(3)16(4)31-20/h5-12,15-16H,1-4H3,(H,24,28)(H,25,26,27)/t15-,16+/m1/s1. The third-order valence-electron chi connectivity index (χ3n) is 5.44. The van der Waals surface area contributed by atoms with Crippen molar-refractivity contribution in [2.24, 2.45) is 0 Å². The van der Waals surface area contributed by atoms with E-state index in [0.29, 0.717) is 5.69 Å². The molecule has 1 amide bonds. The van der Waals surface area contributed by atoms with Gasteiger partial charge in [-0.25, -0.2) is 18.1 Å². The Balaban J connectivity index is 1.90. The van der Waals surface area contributed by atoms with Gasteiger partial charge in [-0.1, -0.05) is 24.3 Å². The van der Waals surface area contributed by atoms with E-state index >= 15 is 0 Å². The van der Waals surface area contributed by atoms with E-state index in [0.717, 1.165) is 16.7 Å². The van der Waals surface area contributed by atoms with E-state index in [4.69, 9.17) is 4.74 Å². The van der Waals surface area contributed by atoms with Gasteiger partial charge in [-0.15, -0.1) is 0 Å². The normalized spacial score (nSPS) is 19.9. The van der Waals surface area contributed by atoms with Crippen molar-refractivity contribution in [1.82, 2.24) is 15.3 Å². The Morgan fingerprint density at radius 2 is 1.66 bits per heavy atom. The lowest BCUT2D eigenvalue weighted by Gasteiger charge is -2.22. The summed E-state index contributed by atoms with van der Waals surface area (Å²) in [4.78, 5) is 21.3. The first-order valence-corrected chi connectivity index (χ1v) is 11.7. The molecule has 0 spiro atoms. The predicted molar refractivity (Wildman–Crippen MR) is 121 cm³/mol. The van der Waals surface area contributed by atoms with Gasteiger partial charge in [0.1, 0.15) is 6.10 Å². The number of sulfonamides is 1. The number of aryl methyl sites for hydroxylation is 2. The summed E-state index contributed by atoms with van der Waals surface area (Å²) < 4.78 is 34.5. The lowest BCUT2D eigenvalue weighted by molar-refractivity contribution is 0.0890. The number of hydrogen-bond acceptors (Lipinski definition) is 6. The number of benzene rings is 2. The predicted octanol–water partition coefficient (Wildman–Crippen LogP) is 3.46. The summed E-state index contributed by atoms with van der Waals surface area (Å²) in [6.07, 6.45) is -0.437. The highest BCUT2D eigenvalue weighted by atomic mass is 32.2. The number of rotatable bonds is 1. The molecule has 1 aliphatic heterocycles. The van der Waals surface area contributed by atoms with E-state index < -0.39 is 22.0 Å². The number of anilines is 1. The van der Waals surface area contributed by atoms with E-state index in [1.807, 2.05) is 45.9 Å². The third-order valence-corrected chi connectivity index (χ3v) is 6.77. The average Bonchev–Trinajstić information content (AvgIpc) is 2.72. The number of carbonyl (C=O) groups excluding carboxylic acids is 1. The molecular formula is C23H24N4O4S. The second-order valence-corrected chi connectivity index (χ2v) is 9.58. The zero-order valence-corrected chi connectivity index (χ0v) is 19.0. The van der Waals surface area contributed by atoms with Crippen molar-refractivity contribution in [3.63, 3.8) is 0 Å². The van der Waals surface area contributed by atoms with Crippen molar-refractivity contribution >= 4 is 21.9 Å². The number of nitrogens with one attached hydrogen (secondary N) is 2. The summed E-state index contributed by atoms with van der Waals surface area (Å²) in [6.45, 7) is 7.55. The van der Waals surface area contributed by atoms with Gasteiger partial charge >= 0.3 is 0 Å². The number of aromatic nitrogens is 2. The molecule has 9 heteroatoms. The molecule has 0 saturated heterocycles. The van der Waals surface area contributed by atoms with Gasteiger partial charge in [0, 0.05) is 17.2 Å².